The molecule has 1 amide bonds. The number of carbonyl (C=O) groups excluding carboxylic acids is 1. The summed E-state index contributed by atoms with van der Waals surface area (Å²) in [6, 6.07) is 20.2. The highest BCUT2D eigenvalue weighted by Gasteiger charge is 2.24. The Morgan fingerprint density at radius 3 is 2.72 bits per heavy atom. The third kappa shape index (κ3) is 4.36. The number of benzene rings is 3. The maximum Gasteiger partial charge on any atom is 0.264 e. The molecule has 0 unspecified atom stereocenters. The van der Waals surface area contributed by atoms with Crippen molar-refractivity contribution in [2.75, 3.05) is 44.8 Å². The second-order valence-corrected chi connectivity index (χ2v) is 8.36. The zero-order valence-electron chi connectivity index (χ0n) is 18.3. The number of carbonyl (C=O) groups is 1. The Morgan fingerprint density at radius 2 is 1.84 bits per heavy atom. The van der Waals surface area contributed by atoms with Gasteiger partial charge >= 0.3 is 0 Å². The lowest BCUT2D eigenvalue weighted by Gasteiger charge is -2.32. The normalized spacial score (nSPS) is 17.2. The van der Waals surface area contributed by atoms with Crippen molar-refractivity contribution < 1.29 is 19.0 Å². The summed E-state index contributed by atoms with van der Waals surface area (Å²) in [5, 5.41) is 2.36. The van der Waals surface area contributed by atoms with E-state index in [4.69, 9.17) is 14.2 Å². The summed E-state index contributed by atoms with van der Waals surface area (Å²) < 4.78 is 17.8. The largest absolute Gasteiger partial charge is 0.492 e. The van der Waals surface area contributed by atoms with E-state index in [2.05, 4.69) is 23.1 Å². The zero-order chi connectivity index (χ0) is 21.9. The van der Waals surface area contributed by atoms with Gasteiger partial charge in [0.15, 0.2) is 6.61 Å². The molecule has 0 aliphatic carbocycles. The Labute approximate surface area is 188 Å². The molecule has 3 aromatic rings. The van der Waals surface area contributed by atoms with Gasteiger partial charge in [0.05, 0.1) is 5.69 Å². The van der Waals surface area contributed by atoms with Gasteiger partial charge < -0.3 is 19.1 Å². The molecular weight excluding hydrogens is 404 g/mol. The van der Waals surface area contributed by atoms with Crippen molar-refractivity contribution >= 4 is 22.4 Å². The van der Waals surface area contributed by atoms with E-state index < -0.39 is 0 Å². The maximum atomic E-state index is 11.9. The highest BCUT2D eigenvalue weighted by molar-refractivity contribution is 5.97. The fourth-order valence-electron chi connectivity index (χ4n) is 4.37. The molecule has 0 N–H and O–H groups in total. The molecule has 6 nitrogen and oxygen atoms in total. The van der Waals surface area contributed by atoms with Crippen molar-refractivity contribution in [3.05, 3.63) is 60.7 Å². The summed E-state index contributed by atoms with van der Waals surface area (Å²) in [5.74, 6) is 2.40. The van der Waals surface area contributed by atoms with Gasteiger partial charge in [-0.25, -0.2) is 0 Å². The molecule has 0 radical (unpaired) electrons. The van der Waals surface area contributed by atoms with Crippen LogP contribution in [0.5, 0.6) is 17.2 Å². The van der Waals surface area contributed by atoms with Crippen LogP contribution in [-0.2, 0) is 4.79 Å². The summed E-state index contributed by atoms with van der Waals surface area (Å²) in [6.45, 7) is 3.63. The minimum atomic E-state index is -0.0475. The lowest BCUT2D eigenvalue weighted by atomic mass is 10.1. The van der Waals surface area contributed by atoms with Gasteiger partial charge in [0, 0.05) is 38.1 Å². The molecule has 32 heavy (non-hydrogen) atoms. The quantitative estimate of drug-likeness (QED) is 0.587. The highest BCUT2D eigenvalue weighted by Crippen LogP contribution is 2.35. The number of rotatable bonds is 6. The predicted molar refractivity (Wildman–Crippen MR) is 125 cm³/mol. The molecule has 5 rings (SSSR count). The Bertz CT molecular complexity index is 1100. The van der Waals surface area contributed by atoms with Crippen LogP contribution >= 0.6 is 0 Å². The van der Waals surface area contributed by atoms with E-state index >= 15 is 0 Å². The number of hydrogen-bond donors (Lipinski definition) is 0. The SMILES string of the molecule is CN1C(=O)COc2ccc(OC3CCN(CCOc4cccc5ccccc45)CC3)cc21. The van der Waals surface area contributed by atoms with Crippen LogP contribution in [-0.4, -0.2) is 56.8 Å². The first kappa shape index (κ1) is 20.6. The van der Waals surface area contributed by atoms with Crippen molar-refractivity contribution in [1.29, 1.82) is 0 Å². The van der Waals surface area contributed by atoms with Crippen molar-refractivity contribution in [2.24, 2.45) is 0 Å². The number of piperidine rings is 1. The van der Waals surface area contributed by atoms with Gasteiger partial charge in [0.1, 0.15) is 30.0 Å². The first-order valence-electron chi connectivity index (χ1n) is 11.2. The smallest absolute Gasteiger partial charge is 0.264 e. The number of hydrogen-bond acceptors (Lipinski definition) is 5. The third-order valence-corrected chi connectivity index (χ3v) is 6.27. The van der Waals surface area contributed by atoms with Crippen LogP contribution in [0.4, 0.5) is 5.69 Å². The average molecular weight is 433 g/mol. The van der Waals surface area contributed by atoms with Gasteiger partial charge in [0.25, 0.3) is 5.91 Å². The van der Waals surface area contributed by atoms with E-state index in [9.17, 15) is 4.79 Å². The number of likely N-dealkylation sites (tertiary alicyclic amines) is 1. The van der Waals surface area contributed by atoms with Crippen LogP contribution < -0.4 is 19.1 Å². The topological polar surface area (TPSA) is 51.2 Å². The Hall–Kier alpha value is -3.25. The minimum absolute atomic E-state index is 0.0475. The third-order valence-electron chi connectivity index (χ3n) is 6.27. The van der Waals surface area contributed by atoms with E-state index in [0.29, 0.717) is 6.61 Å². The van der Waals surface area contributed by atoms with Crippen LogP contribution in [0.1, 0.15) is 12.8 Å². The summed E-state index contributed by atoms with van der Waals surface area (Å²) in [5.41, 5.74) is 0.766. The van der Waals surface area contributed by atoms with Gasteiger partial charge in [0.2, 0.25) is 0 Å². The van der Waals surface area contributed by atoms with E-state index in [0.717, 1.165) is 60.8 Å². The van der Waals surface area contributed by atoms with Crippen LogP contribution in [0.25, 0.3) is 10.8 Å². The van der Waals surface area contributed by atoms with Crippen LogP contribution in [0.15, 0.2) is 60.7 Å². The lowest BCUT2D eigenvalue weighted by molar-refractivity contribution is -0.120. The van der Waals surface area contributed by atoms with Crippen molar-refractivity contribution in [3.8, 4) is 17.2 Å². The van der Waals surface area contributed by atoms with Gasteiger partial charge in [-0.2, -0.15) is 0 Å². The predicted octanol–water partition coefficient (Wildman–Crippen LogP) is 4.12. The Morgan fingerprint density at radius 1 is 1.03 bits per heavy atom. The van der Waals surface area contributed by atoms with E-state index in [-0.39, 0.29) is 18.6 Å². The van der Waals surface area contributed by atoms with E-state index in [1.54, 1.807) is 11.9 Å². The van der Waals surface area contributed by atoms with Crippen molar-refractivity contribution in [1.82, 2.24) is 4.90 Å². The monoisotopic (exact) mass is 432 g/mol. The second-order valence-electron chi connectivity index (χ2n) is 8.36. The summed E-state index contributed by atoms with van der Waals surface area (Å²) in [4.78, 5) is 15.9. The standard InChI is InChI=1S/C26H28N2O4/c1-27-23-17-21(9-10-25(23)31-18-26(27)29)32-20-11-13-28(14-12-20)15-16-30-24-8-4-6-19-5-2-3-7-22(19)24/h2-10,17,20H,11-16,18H2,1H3. The summed E-state index contributed by atoms with van der Waals surface area (Å²) in [6.07, 6.45) is 2.11. The molecule has 1 fully saturated rings. The molecule has 1 saturated heterocycles. The molecule has 3 aromatic carbocycles. The molecule has 0 spiro atoms. The number of fused-ring (bicyclic) bond motifs is 2. The van der Waals surface area contributed by atoms with Crippen molar-refractivity contribution in [3.63, 3.8) is 0 Å². The number of amides is 1. The molecule has 2 aliphatic rings. The summed E-state index contributed by atoms with van der Waals surface area (Å²) in [7, 11) is 1.77. The highest BCUT2D eigenvalue weighted by atomic mass is 16.5. The van der Waals surface area contributed by atoms with Gasteiger partial charge in [-0.05, 0) is 36.4 Å². The number of ether oxygens (including phenoxy) is 3. The Kier molecular flexibility index (Phi) is 5.86. The number of nitrogens with zero attached hydrogens (tertiary/aromatic N) is 2. The molecule has 166 valence electrons. The van der Waals surface area contributed by atoms with Crippen molar-refractivity contribution in [2.45, 2.75) is 18.9 Å². The minimum Gasteiger partial charge on any atom is -0.492 e. The molecule has 0 saturated carbocycles. The fourth-order valence-corrected chi connectivity index (χ4v) is 4.37. The maximum absolute atomic E-state index is 11.9. The first-order valence-corrected chi connectivity index (χ1v) is 11.2. The molecule has 2 aliphatic heterocycles. The Balaban J connectivity index is 1.11. The van der Waals surface area contributed by atoms with Crippen LogP contribution in [0, 0.1) is 0 Å². The fraction of sp³-hybridized carbons (Fsp3) is 0.346. The van der Waals surface area contributed by atoms with Crippen LogP contribution in [0.2, 0.25) is 0 Å². The average Bonchev–Trinajstić information content (AvgIpc) is 2.83. The number of likely N-dealkylation sites (N-methyl/N-ethyl adjacent to an activating group) is 1. The summed E-state index contributed by atoms with van der Waals surface area (Å²) >= 11 is 0. The molecule has 2 heterocycles. The van der Waals surface area contributed by atoms with Crippen LogP contribution in [0.3, 0.4) is 0 Å². The molecule has 0 atom stereocenters. The second kappa shape index (κ2) is 9.09. The zero-order valence-corrected chi connectivity index (χ0v) is 18.3. The lowest BCUT2D eigenvalue weighted by Crippen LogP contribution is -2.40. The molecular formula is C26H28N2O4. The van der Waals surface area contributed by atoms with Gasteiger partial charge in [-0.1, -0.05) is 36.4 Å². The van der Waals surface area contributed by atoms with Gasteiger partial charge in [-0.3, -0.25) is 9.69 Å². The van der Waals surface area contributed by atoms with E-state index in [1.165, 1.54) is 5.39 Å². The molecule has 0 aromatic heterocycles. The first-order chi connectivity index (χ1) is 15.7. The molecule has 6 heteroatoms. The van der Waals surface area contributed by atoms with Gasteiger partial charge in [-0.15, -0.1) is 0 Å². The van der Waals surface area contributed by atoms with E-state index in [1.807, 2.05) is 42.5 Å². The molecule has 0 bridgehead atoms. The number of anilines is 1.